The van der Waals surface area contributed by atoms with Crippen LogP contribution in [0.5, 0.6) is 5.75 Å². The van der Waals surface area contributed by atoms with Crippen LogP contribution in [0.3, 0.4) is 0 Å². The molecular formula is C16H17NO2. The zero-order valence-corrected chi connectivity index (χ0v) is 11.0. The van der Waals surface area contributed by atoms with E-state index < -0.39 is 0 Å². The second-order valence-electron chi connectivity index (χ2n) is 4.97. The Kier molecular flexibility index (Phi) is 3.22. The molecule has 1 N–H and O–H groups in total. The Bertz CT molecular complexity index is 595. The molecule has 1 unspecified atom stereocenters. The molecule has 0 saturated heterocycles. The standard InChI is InChI=1S/C16H17NO2/c1-11-3-2-8-17-15(11)10-19-13-5-6-14-12(9-13)4-7-16(14)18/h2-3,5-6,8-9,16,18H,4,7,10H2,1H3. The molecule has 3 rings (SSSR count). The maximum atomic E-state index is 9.77. The Balaban J connectivity index is 1.73. The Morgan fingerprint density at radius 3 is 3.11 bits per heavy atom. The molecule has 98 valence electrons. The van der Waals surface area contributed by atoms with E-state index in [2.05, 4.69) is 4.98 Å². The van der Waals surface area contributed by atoms with Gasteiger partial charge in [-0.2, -0.15) is 0 Å². The molecule has 1 aromatic heterocycles. The molecule has 0 fully saturated rings. The van der Waals surface area contributed by atoms with Crippen LogP contribution < -0.4 is 4.74 Å². The summed E-state index contributed by atoms with van der Waals surface area (Å²) in [6.07, 6.45) is 3.22. The highest BCUT2D eigenvalue weighted by Gasteiger charge is 2.20. The fourth-order valence-electron chi connectivity index (χ4n) is 2.48. The van der Waals surface area contributed by atoms with E-state index in [1.807, 2.05) is 37.3 Å². The molecule has 0 saturated carbocycles. The van der Waals surface area contributed by atoms with Gasteiger partial charge in [-0.1, -0.05) is 12.1 Å². The molecule has 1 aliphatic carbocycles. The summed E-state index contributed by atoms with van der Waals surface area (Å²) in [7, 11) is 0. The van der Waals surface area contributed by atoms with Gasteiger partial charge in [-0.15, -0.1) is 0 Å². The molecule has 1 heterocycles. The second kappa shape index (κ2) is 5.02. The SMILES string of the molecule is Cc1cccnc1COc1ccc2c(c1)CCC2O. The van der Waals surface area contributed by atoms with E-state index in [4.69, 9.17) is 4.74 Å². The summed E-state index contributed by atoms with van der Waals surface area (Å²) in [6.45, 7) is 2.51. The number of benzene rings is 1. The van der Waals surface area contributed by atoms with E-state index in [9.17, 15) is 5.11 Å². The van der Waals surface area contributed by atoms with Crippen molar-refractivity contribution in [3.05, 3.63) is 58.9 Å². The lowest BCUT2D eigenvalue weighted by Gasteiger charge is -2.10. The minimum atomic E-state index is -0.304. The summed E-state index contributed by atoms with van der Waals surface area (Å²) < 4.78 is 5.79. The van der Waals surface area contributed by atoms with Gasteiger partial charge in [0.25, 0.3) is 0 Å². The Morgan fingerprint density at radius 1 is 1.37 bits per heavy atom. The van der Waals surface area contributed by atoms with Gasteiger partial charge in [0, 0.05) is 6.20 Å². The van der Waals surface area contributed by atoms with E-state index in [1.54, 1.807) is 6.20 Å². The number of fused-ring (bicyclic) bond motifs is 1. The van der Waals surface area contributed by atoms with Crippen LogP contribution in [0.25, 0.3) is 0 Å². The van der Waals surface area contributed by atoms with Crippen molar-refractivity contribution in [1.82, 2.24) is 4.98 Å². The number of aliphatic hydroxyl groups excluding tert-OH is 1. The third-order valence-electron chi connectivity index (χ3n) is 3.65. The van der Waals surface area contributed by atoms with Crippen molar-refractivity contribution in [1.29, 1.82) is 0 Å². The number of hydrogen-bond acceptors (Lipinski definition) is 3. The van der Waals surface area contributed by atoms with Gasteiger partial charge in [0.1, 0.15) is 12.4 Å². The van der Waals surface area contributed by atoms with Crippen molar-refractivity contribution in [2.75, 3.05) is 0 Å². The molecule has 1 aromatic carbocycles. The molecule has 19 heavy (non-hydrogen) atoms. The maximum Gasteiger partial charge on any atom is 0.130 e. The van der Waals surface area contributed by atoms with Crippen LogP contribution in [-0.4, -0.2) is 10.1 Å². The first-order valence-electron chi connectivity index (χ1n) is 6.58. The average molecular weight is 255 g/mol. The number of nitrogens with zero attached hydrogens (tertiary/aromatic N) is 1. The Hall–Kier alpha value is -1.87. The Morgan fingerprint density at radius 2 is 2.26 bits per heavy atom. The first-order chi connectivity index (χ1) is 9.24. The predicted molar refractivity (Wildman–Crippen MR) is 73.0 cm³/mol. The van der Waals surface area contributed by atoms with Gasteiger partial charge < -0.3 is 9.84 Å². The van der Waals surface area contributed by atoms with Crippen molar-refractivity contribution in [3.63, 3.8) is 0 Å². The minimum absolute atomic E-state index is 0.304. The van der Waals surface area contributed by atoms with Crippen molar-refractivity contribution in [2.24, 2.45) is 0 Å². The maximum absolute atomic E-state index is 9.77. The summed E-state index contributed by atoms with van der Waals surface area (Å²) in [5.74, 6) is 0.845. The summed E-state index contributed by atoms with van der Waals surface area (Å²) in [5.41, 5.74) is 4.34. The highest BCUT2D eigenvalue weighted by molar-refractivity contribution is 5.40. The predicted octanol–water partition coefficient (Wildman–Crippen LogP) is 2.95. The fourth-order valence-corrected chi connectivity index (χ4v) is 2.48. The van der Waals surface area contributed by atoms with Crippen LogP contribution in [0.4, 0.5) is 0 Å². The number of rotatable bonds is 3. The van der Waals surface area contributed by atoms with E-state index in [0.717, 1.165) is 35.4 Å². The average Bonchev–Trinajstić information content (AvgIpc) is 2.79. The number of aromatic nitrogens is 1. The third kappa shape index (κ3) is 2.47. The number of ether oxygens (including phenoxy) is 1. The minimum Gasteiger partial charge on any atom is -0.487 e. The van der Waals surface area contributed by atoms with Crippen LogP contribution in [-0.2, 0) is 13.0 Å². The highest BCUT2D eigenvalue weighted by atomic mass is 16.5. The van der Waals surface area contributed by atoms with Gasteiger partial charge in [-0.25, -0.2) is 0 Å². The van der Waals surface area contributed by atoms with E-state index in [0.29, 0.717) is 6.61 Å². The molecule has 0 bridgehead atoms. The van der Waals surface area contributed by atoms with Gasteiger partial charge >= 0.3 is 0 Å². The molecule has 2 aromatic rings. The van der Waals surface area contributed by atoms with Gasteiger partial charge in [0.2, 0.25) is 0 Å². The van der Waals surface area contributed by atoms with Crippen LogP contribution >= 0.6 is 0 Å². The fraction of sp³-hybridized carbons (Fsp3) is 0.312. The lowest BCUT2D eigenvalue weighted by Crippen LogP contribution is -2.01. The van der Waals surface area contributed by atoms with Crippen LogP contribution in [0.2, 0.25) is 0 Å². The first kappa shape index (κ1) is 12.2. The molecule has 1 aliphatic rings. The zero-order chi connectivity index (χ0) is 13.2. The summed E-state index contributed by atoms with van der Waals surface area (Å²) in [4.78, 5) is 4.31. The summed E-state index contributed by atoms with van der Waals surface area (Å²) >= 11 is 0. The number of aryl methyl sites for hydroxylation is 2. The van der Waals surface area contributed by atoms with E-state index >= 15 is 0 Å². The molecule has 0 radical (unpaired) electrons. The van der Waals surface area contributed by atoms with Crippen molar-refractivity contribution in [2.45, 2.75) is 32.5 Å². The zero-order valence-electron chi connectivity index (χ0n) is 11.0. The topological polar surface area (TPSA) is 42.4 Å². The third-order valence-corrected chi connectivity index (χ3v) is 3.65. The van der Waals surface area contributed by atoms with Crippen LogP contribution in [0.1, 0.15) is 34.9 Å². The smallest absolute Gasteiger partial charge is 0.130 e. The van der Waals surface area contributed by atoms with Gasteiger partial charge in [-0.3, -0.25) is 4.98 Å². The van der Waals surface area contributed by atoms with Gasteiger partial charge in [0.05, 0.1) is 11.8 Å². The second-order valence-corrected chi connectivity index (χ2v) is 4.97. The van der Waals surface area contributed by atoms with Gasteiger partial charge in [-0.05, 0) is 54.7 Å². The normalized spacial score (nSPS) is 17.3. The van der Waals surface area contributed by atoms with Gasteiger partial charge in [0.15, 0.2) is 0 Å². The molecule has 3 heteroatoms. The first-order valence-corrected chi connectivity index (χ1v) is 6.58. The monoisotopic (exact) mass is 255 g/mol. The van der Waals surface area contributed by atoms with Crippen LogP contribution in [0, 0.1) is 6.92 Å². The molecule has 0 amide bonds. The molecular weight excluding hydrogens is 238 g/mol. The highest BCUT2D eigenvalue weighted by Crippen LogP contribution is 2.33. The van der Waals surface area contributed by atoms with Crippen molar-refractivity contribution >= 4 is 0 Å². The van der Waals surface area contributed by atoms with E-state index in [1.165, 1.54) is 5.56 Å². The Labute approximate surface area is 112 Å². The molecule has 1 atom stereocenters. The van der Waals surface area contributed by atoms with Crippen molar-refractivity contribution < 1.29 is 9.84 Å². The quantitative estimate of drug-likeness (QED) is 0.917. The summed E-state index contributed by atoms with van der Waals surface area (Å²) in [5, 5.41) is 9.77. The number of aliphatic hydroxyl groups is 1. The molecule has 3 nitrogen and oxygen atoms in total. The number of pyridine rings is 1. The lowest BCUT2D eigenvalue weighted by molar-refractivity contribution is 0.180. The van der Waals surface area contributed by atoms with Crippen LogP contribution in [0.15, 0.2) is 36.5 Å². The van der Waals surface area contributed by atoms with E-state index in [-0.39, 0.29) is 6.10 Å². The molecule has 0 aliphatic heterocycles. The van der Waals surface area contributed by atoms with Crippen molar-refractivity contribution in [3.8, 4) is 5.75 Å². The number of hydrogen-bond donors (Lipinski definition) is 1. The summed E-state index contributed by atoms with van der Waals surface area (Å²) in [6, 6.07) is 9.88. The molecule has 0 spiro atoms. The largest absolute Gasteiger partial charge is 0.487 e. The lowest BCUT2D eigenvalue weighted by atomic mass is 10.1.